The lowest BCUT2D eigenvalue weighted by Crippen LogP contribution is -2.15. The number of nitrogens with one attached hydrogen (secondary N) is 1. The smallest absolute Gasteiger partial charge is 0.257 e. The fraction of sp³-hybridized carbons (Fsp3) is 0.278. The van der Waals surface area contributed by atoms with Gasteiger partial charge in [0.2, 0.25) is 0 Å². The number of aryl methyl sites for hydroxylation is 2. The summed E-state index contributed by atoms with van der Waals surface area (Å²) in [7, 11) is 0. The molecule has 0 saturated heterocycles. The fourth-order valence-corrected chi connectivity index (χ4v) is 2.86. The summed E-state index contributed by atoms with van der Waals surface area (Å²) in [4.78, 5) is 17.2. The Labute approximate surface area is 145 Å². The van der Waals surface area contributed by atoms with Crippen LogP contribution in [0.25, 0.3) is 11.0 Å². The predicted molar refractivity (Wildman–Crippen MR) is 96.8 cm³/mol. The molecule has 0 aliphatic heterocycles. The number of halogens is 1. The Bertz CT molecular complexity index is 930. The summed E-state index contributed by atoms with van der Waals surface area (Å²) in [6, 6.07) is 7.42. The van der Waals surface area contributed by atoms with E-state index in [4.69, 9.17) is 11.6 Å². The van der Waals surface area contributed by atoms with Crippen LogP contribution >= 0.6 is 11.6 Å². The number of carbonyl (C=O) groups is 1. The number of rotatable bonds is 3. The molecule has 0 aliphatic rings. The standard InChI is InChI=1S/C18H19ClN4O/c1-10(2)23-17-13(9-20-23)8-15(12(4)21-17)18(24)22-16-6-5-14(19)7-11(16)3/h5-10H,1-4H3,(H,22,24). The van der Waals surface area contributed by atoms with Crippen LogP contribution in [0.4, 0.5) is 5.69 Å². The molecule has 0 spiro atoms. The van der Waals surface area contributed by atoms with E-state index < -0.39 is 0 Å². The van der Waals surface area contributed by atoms with Gasteiger partial charge < -0.3 is 5.32 Å². The minimum Gasteiger partial charge on any atom is -0.322 e. The molecule has 2 heterocycles. The van der Waals surface area contributed by atoms with Crippen LogP contribution in [0.1, 0.15) is 41.5 Å². The summed E-state index contributed by atoms with van der Waals surface area (Å²) in [6.07, 6.45) is 1.74. The number of benzene rings is 1. The van der Waals surface area contributed by atoms with Crippen molar-refractivity contribution in [2.24, 2.45) is 0 Å². The van der Waals surface area contributed by atoms with Gasteiger partial charge in [-0.3, -0.25) is 4.79 Å². The second-order valence-electron chi connectivity index (χ2n) is 6.13. The van der Waals surface area contributed by atoms with Gasteiger partial charge in [-0.25, -0.2) is 9.67 Å². The maximum absolute atomic E-state index is 12.6. The van der Waals surface area contributed by atoms with E-state index in [1.54, 1.807) is 18.3 Å². The summed E-state index contributed by atoms with van der Waals surface area (Å²) in [5.74, 6) is -0.190. The van der Waals surface area contributed by atoms with Crippen LogP contribution in [0.3, 0.4) is 0 Å². The number of pyridine rings is 1. The van der Waals surface area contributed by atoms with Crippen LogP contribution in [-0.4, -0.2) is 20.7 Å². The molecule has 6 heteroatoms. The Morgan fingerprint density at radius 1 is 1.25 bits per heavy atom. The summed E-state index contributed by atoms with van der Waals surface area (Å²) >= 11 is 5.96. The van der Waals surface area contributed by atoms with Crippen molar-refractivity contribution in [3.05, 3.63) is 52.3 Å². The normalized spacial score (nSPS) is 11.2. The average Bonchev–Trinajstić information content (AvgIpc) is 2.92. The third-order valence-corrected chi connectivity index (χ3v) is 4.17. The molecule has 1 aromatic carbocycles. The van der Waals surface area contributed by atoms with Gasteiger partial charge in [-0.1, -0.05) is 11.6 Å². The SMILES string of the molecule is Cc1cc(Cl)ccc1NC(=O)c1cc2cnn(C(C)C)c2nc1C. The minimum absolute atomic E-state index is 0.190. The van der Waals surface area contributed by atoms with E-state index in [0.717, 1.165) is 22.3 Å². The molecule has 0 radical (unpaired) electrons. The highest BCUT2D eigenvalue weighted by Gasteiger charge is 2.16. The summed E-state index contributed by atoms with van der Waals surface area (Å²) in [6.45, 7) is 7.84. The summed E-state index contributed by atoms with van der Waals surface area (Å²) in [5, 5.41) is 8.77. The maximum atomic E-state index is 12.6. The van der Waals surface area contributed by atoms with Crippen molar-refractivity contribution in [2.45, 2.75) is 33.7 Å². The van der Waals surface area contributed by atoms with Crippen molar-refractivity contribution in [2.75, 3.05) is 5.32 Å². The van der Waals surface area contributed by atoms with E-state index in [1.807, 2.05) is 44.5 Å². The van der Waals surface area contributed by atoms with Gasteiger partial charge in [0.1, 0.15) is 0 Å². The van der Waals surface area contributed by atoms with Gasteiger partial charge in [-0.15, -0.1) is 0 Å². The first-order valence-corrected chi connectivity index (χ1v) is 8.17. The topological polar surface area (TPSA) is 59.8 Å². The van der Waals surface area contributed by atoms with Gasteiger partial charge in [0.25, 0.3) is 5.91 Å². The van der Waals surface area contributed by atoms with E-state index in [1.165, 1.54) is 0 Å². The van der Waals surface area contributed by atoms with Crippen LogP contribution < -0.4 is 5.32 Å². The van der Waals surface area contributed by atoms with Gasteiger partial charge >= 0.3 is 0 Å². The minimum atomic E-state index is -0.190. The molecule has 5 nitrogen and oxygen atoms in total. The van der Waals surface area contributed by atoms with E-state index in [2.05, 4.69) is 15.4 Å². The van der Waals surface area contributed by atoms with Crippen LogP contribution in [0.5, 0.6) is 0 Å². The van der Waals surface area contributed by atoms with Crippen LogP contribution in [0.2, 0.25) is 5.02 Å². The van der Waals surface area contributed by atoms with Crippen molar-refractivity contribution < 1.29 is 4.79 Å². The molecule has 3 rings (SSSR count). The lowest BCUT2D eigenvalue weighted by molar-refractivity contribution is 0.102. The molecule has 24 heavy (non-hydrogen) atoms. The number of anilines is 1. The first-order chi connectivity index (χ1) is 11.4. The monoisotopic (exact) mass is 342 g/mol. The molecule has 0 atom stereocenters. The zero-order valence-corrected chi connectivity index (χ0v) is 14.8. The Balaban J connectivity index is 1.96. The third kappa shape index (κ3) is 2.99. The predicted octanol–water partition coefficient (Wildman–Crippen LogP) is 4.53. The molecule has 124 valence electrons. The molecular weight excluding hydrogens is 324 g/mol. The number of fused-ring (bicyclic) bond motifs is 1. The number of nitrogens with zero attached hydrogens (tertiary/aromatic N) is 3. The average molecular weight is 343 g/mol. The van der Waals surface area contributed by atoms with Crippen LogP contribution in [0.15, 0.2) is 30.5 Å². The van der Waals surface area contributed by atoms with Crippen molar-refractivity contribution in [3.8, 4) is 0 Å². The highest BCUT2D eigenvalue weighted by atomic mass is 35.5. The van der Waals surface area contributed by atoms with E-state index in [9.17, 15) is 4.79 Å². The Morgan fingerprint density at radius 3 is 2.67 bits per heavy atom. The maximum Gasteiger partial charge on any atom is 0.257 e. The lowest BCUT2D eigenvalue weighted by Gasteiger charge is -2.11. The zero-order valence-electron chi connectivity index (χ0n) is 14.1. The second-order valence-corrected chi connectivity index (χ2v) is 6.57. The number of hydrogen-bond acceptors (Lipinski definition) is 3. The third-order valence-electron chi connectivity index (χ3n) is 3.93. The Morgan fingerprint density at radius 2 is 2.00 bits per heavy atom. The van der Waals surface area contributed by atoms with Gasteiger partial charge in [0, 0.05) is 22.1 Å². The summed E-state index contributed by atoms with van der Waals surface area (Å²) in [5.41, 5.74) is 3.66. The van der Waals surface area contributed by atoms with Gasteiger partial charge in [0.05, 0.1) is 17.5 Å². The second kappa shape index (κ2) is 6.24. The first-order valence-electron chi connectivity index (χ1n) is 7.79. The highest BCUT2D eigenvalue weighted by molar-refractivity contribution is 6.30. The van der Waals surface area contributed by atoms with Crippen LogP contribution in [-0.2, 0) is 0 Å². The summed E-state index contributed by atoms with van der Waals surface area (Å²) < 4.78 is 1.85. The van der Waals surface area contributed by atoms with Gasteiger partial charge in [0.15, 0.2) is 5.65 Å². The molecule has 0 bridgehead atoms. The fourth-order valence-electron chi connectivity index (χ4n) is 2.63. The van der Waals surface area contributed by atoms with Crippen LogP contribution in [0, 0.1) is 13.8 Å². The molecule has 1 amide bonds. The number of aromatic nitrogens is 3. The quantitative estimate of drug-likeness (QED) is 0.760. The highest BCUT2D eigenvalue weighted by Crippen LogP contribution is 2.23. The largest absolute Gasteiger partial charge is 0.322 e. The van der Waals surface area contributed by atoms with Crippen molar-refractivity contribution in [1.29, 1.82) is 0 Å². The zero-order chi connectivity index (χ0) is 17.4. The molecular formula is C18H19ClN4O. The van der Waals surface area contributed by atoms with E-state index >= 15 is 0 Å². The Hall–Kier alpha value is -2.40. The number of carbonyl (C=O) groups excluding carboxylic acids is 1. The molecule has 0 unspecified atom stereocenters. The molecule has 0 aliphatic carbocycles. The Kier molecular flexibility index (Phi) is 4.28. The number of hydrogen-bond donors (Lipinski definition) is 1. The first kappa shape index (κ1) is 16.5. The molecule has 1 N–H and O–H groups in total. The molecule has 0 fully saturated rings. The van der Waals surface area contributed by atoms with Crippen molar-refractivity contribution in [1.82, 2.24) is 14.8 Å². The van der Waals surface area contributed by atoms with E-state index in [-0.39, 0.29) is 11.9 Å². The number of amides is 1. The molecule has 2 aromatic heterocycles. The molecule has 0 saturated carbocycles. The van der Waals surface area contributed by atoms with Crippen molar-refractivity contribution in [3.63, 3.8) is 0 Å². The molecule has 3 aromatic rings. The van der Waals surface area contributed by atoms with E-state index in [0.29, 0.717) is 16.3 Å². The van der Waals surface area contributed by atoms with Gasteiger partial charge in [-0.2, -0.15) is 5.10 Å². The van der Waals surface area contributed by atoms with Crippen molar-refractivity contribution >= 4 is 34.2 Å². The van der Waals surface area contributed by atoms with Gasteiger partial charge in [-0.05, 0) is 57.5 Å². The lowest BCUT2D eigenvalue weighted by atomic mass is 10.1.